The Morgan fingerprint density at radius 3 is 2.50 bits per heavy atom. The van der Waals surface area contributed by atoms with Crippen LogP contribution in [0.4, 0.5) is 10.1 Å². The lowest BCUT2D eigenvalue weighted by molar-refractivity contribution is 0.194. The summed E-state index contributed by atoms with van der Waals surface area (Å²) < 4.78 is 13.6. The number of benzene rings is 1. The summed E-state index contributed by atoms with van der Waals surface area (Å²) in [5.74, 6) is -0.267. The number of piperidine rings is 1. The van der Waals surface area contributed by atoms with Crippen LogP contribution in [-0.4, -0.2) is 22.1 Å². The lowest BCUT2D eigenvalue weighted by atomic mass is 9.98. The Bertz CT molecular complexity index is 426. The molecule has 2 unspecified atom stereocenters. The minimum Gasteiger partial charge on any atom is -0.344 e. The van der Waals surface area contributed by atoms with Crippen molar-refractivity contribution >= 4 is 23.0 Å². The molecule has 0 bridgehead atoms. The molecule has 0 radical (unpaired) electrons. The lowest BCUT2D eigenvalue weighted by Gasteiger charge is -2.40. The minimum atomic E-state index is -0.267. The molecule has 98 valence electrons. The van der Waals surface area contributed by atoms with Crippen molar-refractivity contribution in [1.82, 2.24) is 4.90 Å². The molecular formula is C14H19FN2S. The van der Waals surface area contributed by atoms with Crippen molar-refractivity contribution in [3.8, 4) is 0 Å². The number of anilines is 1. The van der Waals surface area contributed by atoms with E-state index >= 15 is 0 Å². The highest BCUT2D eigenvalue weighted by molar-refractivity contribution is 7.80. The van der Waals surface area contributed by atoms with Gasteiger partial charge in [0.25, 0.3) is 0 Å². The van der Waals surface area contributed by atoms with Crippen molar-refractivity contribution < 1.29 is 4.39 Å². The highest BCUT2D eigenvalue weighted by Crippen LogP contribution is 2.24. The second kappa shape index (κ2) is 5.65. The van der Waals surface area contributed by atoms with E-state index in [1.165, 1.54) is 12.5 Å². The SMILES string of the molecule is CC1CCCC(C)N1C(=S)Nc1ccccc1F. The van der Waals surface area contributed by atoms with E-state index in [-0.39, 0.29) is 5.82 Å². The van der Waals surface area contributed by atoms with Gasteiger partial charge in [0.15, 0.2) is 5.11 Å². The predicted octanol–water partition coefficient (Wildman–Crippen LogP) is 3.79. The van der Waals surface area contributed by atoms with Gasteiger partial charge in [-0.1, -0.05) is 12.1 Å². The Kier molecular flexibility index (Phi) is 4.17. The van der Waals surface area contributed by atoms with E-state index in [1.54, 1.807) is 18.2 Å². The molecular weight excluding hydrogens is 247 g/mol. The van der Waals surface area contributed by atoms with E-state index in [4.69, 9.17) is 12.2 Å². The molecule has 1 saturated heterocycles. The number of hydrogen-bond donors (Lipinski definition) is 1. The molecule has 0 saturated carbocycles. The van der Waals surface area contributed by atoms with Crippen LogP contribution in [0.15, 0.2) is 24.3 Å². The van der Waals surface area contributed by atoms with Gasteiger partial charge in [0.1, 0.15) is 5.82 Å². The summed E-state index contributed by atoms with van der Waals surface area (Å²) in [5.41, 5.74) is 0.451. The molecule has 4 heteroatoms. The van der Waals surface area contributed by atoms with Gasteiger partial charge in [0, 0.05) is 12.1 Å². The molecule has 1 fully saturated rings. The summed E-state index contributed by atoms with van der Waals surface area (Å²) >= 11 is 5.42. The molecule has 2 nitrogen and oxygen atoms in total. The van der Waals surface area contributed by atoms with Crippen LogP contribution < -0.4 is 5.32 Å². The van der Waals surface area contributed by atoms with Gasteiger partial charge >= 0.3 is 0 Å². The summed E-state index contributed by atoms with van der Waals surface area (Å²) in [7, 11) is 0. The van der Waals surface area contributed by atoms with E-state index in [0.29, 0.717) is 22.9 Å². The van der Waals surface area contributed by atoms with Crippen molar-refractivity contribution in [3.63, 3.8) is 0 Å². The van der Waals surface area contributed by atoms with Crippen LogP contribution in [0.3, 0.4) is 0 Å². The second-order valence-corrected chi connectivity index (χ2v) is 5.33. The van der Waals surface area contributed by atoms with Gasteiger partial charge in [-0.25, -0.2) is 4.39 Å². The van der Waals surface area contributed by atoms with Crippen LogP contribution >= 0.6 is 12.2 Å². The maximum atomic E-state index is 13.6. The molecule has 0 amide bonds. The van der Waals surface area contributed by atoms with Gasteiger partial charge in [0.05, 0.1) is 5.69 Å². The number of thiocarbonyl (C=S) groups is 1. The number of likely N-dealkylation sites (tertiary alicyclic amines) is 1. The summed E-state index contributed by atoms with van der Waals surface area (Å²) in [6.07, 6.45) is 3.52. The third-order valence-electron chi connectivity index (χ3n) is 3.54. The lowest BCUT2D eigenvalue weighted by Crippen LogP contribution is -2.49. The predicted molar refractivity (Wildman–Crippen MR) is 77.2 cm³/mol. The fourth-order valence-corrected chi connectivity index (χ4v) is 3.03. The number of para-hydroxylation sites is 1. The molecule has 18 heavy (non-hydrogen) atoms. The zero-order valence-corrected chi connectivity index (χ0v) is 11.6. The van der Waals surface area contributed by atoms with E-state index in [2.05, 4.69) is 24.1 Å². The van der Waals surface area contributed by atoms with E-state index in [0.717, 1.165) is 12.8 Å². The molecule has 0 spiro atoms. The third-order valence-corrected chi connectivity index (χ3v) is 3.86. The van der Waals surface area contributed by atoms with Crippen LogP contribution in [-0.2, 0) is 0 Å². The molecule has 1 aromatic rings. The maximum absolute atomic E-state index is 13.6. The van der Waals surface area contributed by atoms with Gasteiger partial charge in [0.2, 0.25) is 0 Å². The normalized spacial score (nSPS) is 23.8. The second-order valence-electron chi connectivity index (χ2n) is 4.95. The molecule has 2 atom stereocenters. The van der Waals surface area contributed by atoms with Crippen LogP contribution in [0.2, 0.25) is 0 Å². The Morgan fingerprint density at radius 2 is 1.89 bits per heavy atom. The maximum Gasteiger partial charge on any atom is 0.173 e. The first-order valence-corrected chi connectivity index (χ1v) is 6.84. The fourth-order valence-electron chi connectivity index (χ4n) is 2.56. The van der Waals surface area contributed by atoms with Gasteiger partial charge in [-0.05, 0) is 57.5 Å². The van der Waals surface area contributed by atoms with Crippen molar-refractivity contribution in [2.75, 3.05) is 5.32 Å². The first-order valence-electron chi connectivity index (χ1n) is 6.43. The van der Waals surface area contributed by atoms with Crippen LogP contribution in [0.25, 0.3) is 0 Å². The third kappa shape index (κ3) is 2.80. The number of nitrogens with zero attached hydrogens (tertiary/aromatic N) is 1. The Labute approximate surface area is 113 Å². The molecule has 1 heterocycles. The van der Waals surface area contributed by atoms with Crippen LogP contribution in [0, 0.1) is 5.82 Å². The average molecular weight is 266 g/mol. The number of rotatable bonds is 1. The zero-order chi connectivity index (χ0) is 13.1. The quantitative estimate of drug-likeness (QED) is 0.779. The smallest absolute Gasteiger partial charge is 0.173 e. The minimum absolute atomic E-state index is 0.267. The van der Waals surface area contributed by atoms with E-state index in [1.807, 2.05) is 0 Å². The average Bonchev–Trinajstić information content (AvgIpc) is 2.32. The van der Waals surface area contributed by atoms with E-state index < -0.39 is 0 Å². The van der Waals surface area contributed by atoms with E-state index in [9.17, 15) is 4.39 Å². The standard InChI is InChI=1S/C14H19FN2S/c1-10-6-5-7-11(2)17(10)14(18)16-13-9-4-3-8-12(13)15/h3-4,8-11H,5-7H2,1-2H3,(H,16,18). The molecule has 2 rings (SSSR count). The highest BCUT2D eigenvalue weighted by Gasteiger charge is 2.26. The van der Waals surface area contributed by atoms with Crippen LogP contribution in [0.5, 0.6) is 0 Å². The van der Waals surface area contributed by atoms with Gasteiger partial charge in [-0.15, -0.1) is 0 Å². The summed E-state index contributed by atoms with van der Waals surface area (Å²) in [6, 6.07) is 7.46. The zero-order valence-electron chi connectivity index (χ0n) is 10.8. The molecule has 1 aliphatic heterocycles. The number of nitrogens with one attached hydrogen (secondary N) is 1. The van der Waals surface area contributed by atoms with Crippen molar-refractivity contribution in [2.24, 2.45) is 0 Å². The fraction of sp³-hybridized carbons (Fsp3) is 0.500. The number of hydrogen-bond acceptors (Lipinski definition) is 1. The summed E-state index contributed by atoms with van der Waals surface area (Å²) in [5, 5.41) is 3.65. The molecule has 1 N–H and O–H groups in total. The van der Waals surface area contributed by atoms with Gasteiger partial charge in [-0.3, -0.25) is 0 Å². The van der Waals surface area contributed by atoms with Crippen LogP contribution in [0.1, 0.15) is 33.1 Å². The highest BCUT2D eigenvalue weighted by atomic mass is 32.1. The summed E-state index contributed by atoms with van der Waals surface area (Å²) in [4.78, 5) is 2.19. The Hall–Kier alpha value is -1.16. The first kappa shape index (κ1) is 13.3. The Morgan fingerprint density at radius 1 is 1.28 bits per heavy atom. The molecule has 1 aromatic carbocycles. The first-order chi connectivity index (χ1) is 8.59. The van der Waals surface area contributed by atoms with Gasteiger partial charge < -0.3 is 10.2 Å². The number of halogens is 1. The summed E-state index contributed by atoms with van der Waals surface area (Å²) in [6.45, 7) is 4.34. The molecule has 0 aliphatic carbocycles. The van der Waals surface area contributed by atoms with Crippen molar-refractivity contribution in [3.05, 3.63) is 30.1 Å². The molecule has 0 aromatic heterocycles. The molecule has 1 aliphatic rings. The monoisotopic (exact) mass is 266 g/mol. The van der Waals surface area contributed by atoms with Crippen molar-refractivity contribution in [1.29, 1.82) is 0 Å². The van der Waals surface area contributed by atoms with Gasteiger partial charge in [-0.2, -0.15) is 0 Å². The largest absolute Gasteiger partial charge is 0.344 e. The Balaban J connectivity index is 2.09. The van der Waals surface area contributed by atoms with Crippen molar-refractivity contribution in [2.45, 2.75) is 45.2 Å². The topological polar surface area (TPSA) is 15.3 Å².